The number of para-hydroxylation sites is 1. The molecule has 2 heterocycles. The second-order valence-electron chi connectivity index (χ2n) is 4.12. The van der Waals surface area contributed by atoms with Gasteiger partial charge in [0, 0.05) is 12.0 Å². The fraction of sp³-hybridized carbons (Fsp3) is 0.308. The van der Waals surface area contributed by atoms with Gasteiger partial charge in [-0.15, -0.1) is 11.6 Å². The Morgan fingerprint density at radius 3 is 2.94 bits per heavy atom. The molecular weight excluding hydrogens is 240 g/mol. The Labute approximate surface area is 104 Å². The van der Waals surface area contributed by atoms with E-state index in [-0.39, 0.29) is 12.1 Å². The summed E-state index contributed by atoms with van der Waals surface area (Å²) in [6.45, 7) is 0. The molecule has 2 aliphatic heterocycles. The summed E-state index contributed by atoms with van der Waals surface area (Å²) >= 11 is 5.75. The van der Waals surface area contributed by atoms with Crippen molar-refractivity contribution in [2.24, 2.45) is 0 Å². The fourth-order valence-corrected chi connectivity index (χ4v) is 2.41. The van der Waals surface area contributed by atoms with E-state index in [4.69, 9.17) is 21.1 Å². The molecule has 0 radical (unpaired) electrons. The zero-order chi connectivity index (χ0) is 11.8. The number of carbonyl (C=O) groups excluding carboxylic acids is 1. The molecule has 1 aromatic carbocycles. The second-order valence-corrected chi connectivity index (χ2v) is 4.43. The average molecular weight is 251 g/mol. The highest BCUT2D eigenvalue weighted by Gasteiger charge is 2.33. The molecule has 0 bridgehead atoms. The lowest BCUT2D eigenvalue weighted by atomic mass is 10.0. The van der Waals surface area contributed by atoms with Crippen LogP contribution in [0.25, 0.3) is 5.57 Å². The molecule has 0 N–H and O–H groups in total. The van der Waals surface area contributed by atoms with Crippen LogP contribution in [0.4, 0.5) is 0 Å². The van der Waals surface area contributed by atoms with E-state index in [0.717, 1.165) is 18.4 Å². The number of carbonyl (C=O) groups is 1. The third kappa shape index (κ3) is 1.71. The smallest absolute Gasteiger partial charge is 0.347 e. The van der Waals surface area contributed by atoms with Crippen LogP contribution in [-0.4, -0.2) is 18.0 Å². The third-order valence-corrected chi connectivity index (χ3v) is 3.36. The van der Waals surface area contributed by atoms with E-state index in [9.17, 15) is 4.79 Å². The summed E-state index contributed by atoms with van der Waals surface area (Å²) in [5, 5.41) is 0. The zero-order valence-corrected chi connectivity index (χ0v) is 9.87. The first-order valence-electron chi connectivity index (χ1n) is 5.57. The van der Waals surface area contributed by atoms with Gasteiger partial charge in [-0.1, -0.05) is 18.2 Å². The molecule has 2 aliphatic rings. The number of alkyl halides is 1. The van der Waals surface area contributed by atoms with E-state index in [1.165, 1.54) is 0 Å². The molecule has 0 aromatic heterocycles. The highest BCUT2D eigenvalue weighted by molar-refractivity contribution is 6.22. The van der Waals surface area contributed by atoms with Gasteiger partial charge in [-0.25, -0.2) is 4.79 Å². The third-order valence-electron chi connectivity index (χ3n) is 3.02. The van der Waals surface area contributed by atoms with Crippen molar-refractivity contribution >= 4 is 23.1 Å². The van der Waals surface area contributed by atoms with Crippen LogP contribution in [-0.2, 0) is 9.53 Å². The van der Waals surface area contributed by atoms with Gasteiger partial charge in [0.05, 0.1) is 5.88 Å². The number of hydrogen-bond acceptors (Lipinski definition) is 3. The molecule has 3 nitrogen and oxygen atoms in total. The van der Waals surface area contributed by atoms with Gasteiger partial charge < -0.3 is 9.47 Å². The molecule has 3 rings (SSSR count). The van der Waals surface area contributed by atoms with E-state index in [1.54, 1.807) is 6.07 Å². The van der Waals surface area contributed by atoms with Crippen LogP contribution in [0.3, 0.4) is 0 Å². The topological polar surface area (TPSA) is 35.5 Å². The summed E-state index contributed by atoms with van der Waals surface area (Å²) in [6.07, 6.45) is 1.62. The first-order chi connectivity index (χ1) is 8.29. The summed E-state index contributed by atoms with van der Waals surface area (Å²) < 4.78 is 10.9. The molecule has 1 aromatic rings. The number of benzene rings is 1. The van der Waals surface area contributed by atoms with Gasteiger partial charge in [-0.2, -0.15) is 0 Å². The Bertz CT molecular complexity index is 507. The van der Waals surface area contributed by atoms with Crippen LogP contribution in [0.2, 0.25) is 0 Å². The Kier molecular flexibility index (Phi) is 2.56. The van der Waals surface area contributed by atoms with Gasteiger partial charge in [0.25, 0.3) is 0 Å². The van der Waals surface area contributed by atoms with Crippen molar-refractivity contribution in [3.05, 3.63) is 35.6 Å². The van der Waals surface area contributed by atoms with Gasteiger partial charge >= 0.3 is 5.97 Å². The minimum absolute atomic E-state index is 0.0136. The van der Waals surface area contributed by atoms with Crippen LogP contribution >= 0.6 is 11.6 Å². The highest BCUT2D eigenvalue weighted by atomic mass is 35.5. The normalized spacial score (nSPS) is 26.6. The van der Waals surface area contributed by atoms with Crippen molar-refractivity contribution in [2.75, 3.05) is 5.88 Å². The van der Waals surface area contributed by atoms with Crippen LogP contribution in [0.15, 0.2) is 30.0 Å². The molecule has 88 valence electrons. The van der Waals surface area contributed by atoms with E-state index in [2.05, 4.69) is 0 Å². The number of hydrogen-bond donors (Lipinski definition) is 0. The summed E-state index contributed by atoms with van der Waals surface area (Å²) in [5.41, 5.74) is 1.39. The number of allylic oxidation sites excluding steroid dienone is 1. The summed E-state index contributed by atoms with van der Waals surface area (Å²) in [6, 6.07) is 7.39. The van der Waals surface area contributed by atoms with Gasteiger partial charge in [-0.3, -0.25) is 0 Å². The average Bonchev–Trinajstić information content (AvgIpc) is 2.91. The summed E-state index contributed by atoms with van der Waals surface area (Å²) in [4.78, 5) is 11.8. The summed E-state index contributed by atoms with van der Waals surface area (Å²) in [5.74, 6) is 1.45. The number of halogens is 1. The lowest BCUT2D eigenvalue weighted by Gasteiger charge is -2.07. The van der Waals surface area contributed by atoms with Crippen LogP contribution < -0.4 is 4.74 Å². The Hall–Kier alpha value is -1.48. The monoisotopic (exact) mass is 250 g/mol. The Balaban J connectivity index is 2.04. The minimum Gasteiger partial charge on any atom is -0.493 e. The molecule has 0 amide bonds. The molecule has 0 spiro atoms. The Morgan fingerprint density at radius 2 is 2.18 bits per heavy atom. The van der Waals surface area contributed by atoms with E-state index in [1.807, 2.05) is 18.2 Å². The number of ether oxygens (including phenoxy) is 2. The number of rotatable bonds is 1. The van der Waals surface area contributed by atoms with Crippen molar-refractivity contribution in [3.8, 4) is 5.75 Å². The van der Waals surface area contributed by atoms with Crippen molar-refractivity contribution in [3.63, 3.8) is 0 Å². The first kappa shape index (κ1) is 10.7. The van der Waals surface area contributed by atoms with E-state index < -0.39 is 0 Å². The number of esters is 1. The molecule has 0 saturated carbocycles. The van der Waals surface area contributed by atoms with Gasteiger partial charge in [0.15, 0.2) is 0 Å². The van der Waals surface area contributed by atoms with Crippen LogP contribution in [0, 0.1) is 0 Å². The van der Waals surface area contributed by atoms with E-state index >= 15 is 0 Å². The molecule has 1 fully saturated rings. The molecule has 1 unspecified atom stereocenters. The standard InChI is InChI=1S/C13H11ClO3/c14-7-8-5-6-11(16-8)12-9-3-1-2-4-10(9)17-13(12)15/h1-4,8H,5-7H2/b12-11+. The quantitative estimate of drug-likeness (QED) is 0.333. The van der Waals surface area contributed by atoms with Crippen LogP contribution in [0.5, 0.6) is 5.75 Å². The van der Waals surface area contributed by atoms with Gasteiger partial charge in [0.1, 0.15) is 23.2 Å². The molecule has 1 saturated heterocycles. The van der Waals surface area contributed by atoms with Crippen LogP contribution in [0.1, 0.15) is 18.4 Å². The van der Waals surface area contributed by atoms with Gasteiger partial charge in [-0.05, 0) is 12.5 Å². The maximum atomic E-state index is 11.8. The predicted molar refractivity (Wildman–Crippen MR) is 63.8 cm³/mol. The highest BCUT2D eigenvalue weighted by Crippen LogP contribution is 2.39. The minimum atomic E-state index is -0.323. The predicted octanol–water partition coefficient (Wildman–Crippen LogP) is 2.73. The lowest BCUT2D eigenvalue weighted by molar-refractivity contribution is -0.127. The molecule has 17 heavy (non-hydrogen) atoms. The van der Waals surface area contributed by atoms with Crippen molar-refractivity contribution in [1.82, 2.24) is 0 Å². The molecular formula is C13H11ClO3. The Morgan fingerprint density at radius 1 is 1.35 bits per heavy atom. The van der Waals surface area contributed by atoms with Gasteiger partial charge in [0.2, 0.25) is 0 Å². The molecule has 0 aliphatic carbocycles. The van der Waals surface area contributed by atoms with Crippen molar-refractivity contribution < 1.29 is 14.3 Å². The second kappa shape index (κ2) is 4.08. The molecule has 1 atom stereocenters. The summed E-state index contributed by atoms with van der Waals surface area (Å²) in [7, 11) is 0. The maximum Gasteiger partial charge on any atom is 0.347 e. The maximum absolute atomic E-state index is 11.8. The molecule has 4 heteroatoms. The fourth-order valence-electron chi connectivity index (χ4n) is 2.19. The van der Waals surface area contributed by atoms with Crippen molar-refractivity contribution in [2.45, 2.75) is 18.9 Å². The zero-order valence-electron chi connectivity index (χ0n) is 9.11. The largest absolute Gasteiger partial charge is 0.493 e. The van der Waals surface area contributed by atoms with E-state index in [0.29, 0.717) is 23.0 Å². The first-order valence-corrected chi connectivity index (χ1v) is 6.10. The lowest BCUT2D eigenvalue weighted by Crippen LogP contribution is -2.07. The van der Waals surface area contributed by atoms with Crippen molar-refractivity contribution in [1.29, 1.82) is 0 Å². The number of fused-ring (bicyclic) bond motifs is 1. The SMILES string of the molecule is O=C1Oc2ccccc2/C1=C1/CCC(CCl)O1.